The molecule has 1 heterocycles. The highest BCUT2D eigenvalue weighted by atomic mass is 16.5. The van der Waals surface area contributed by atoms with Gasteiger partial charge in [0, 0.05) is 20.0 Å². The van der Waals surface area contributed by atoms with Crippen molar-refractivity contribution < 1.29 is 19.3 Å². The Morgan fingerprint density at radius 3 is 2.79 bits per heavy atom. The molecule has 28 heavy (non-hydrogen) atoms. The first-order valence-corrected chi connectivity index (χ1v) is 10.0. The lowest BCUT2D eigenvalue weighted by Crippen LogP contribution is -2.54. The average molecular weight is 389 g/mol. The molecule has 0 aromatic heterocycles. The van der Waals surface area contributed by atoms with E-state index < -0.39 is 6.10 Å². The topological polar surface area (TPSA) is 63.5 Å². The Labute approximate surface area is 167 Å². The van der Waals surface area contributed by atoms with Crippen LogP contribution in [0, 0.1) is 5.92 Å². The number of allylic oxidation sites excluding steroid dienone is 1. The van der Waals surface area contributed by atoms with E-state index in [9.17, 15) is 5.11 Å². The zero-order valence-corrected chi connectivity index (χ0v) is 17.0. The van der Waals surface area contributed by atoms with E-state index in [1.807, 2.05) is 62.3 Å². The molecule has 2 aliphatic rings. The predicted molar refractivity (Wildman–Crippen MR) is 109 cm³/mol. The summed E-state index contributed by atoms with van der Waals surface area (Å²) in [5, 5.41) is 11.0. The zero-order chi connectivity index (χ0) is 19.9. The molecule has 3 rings (SSSR count). The molecule has 6 nitrogen and oxygen atoms in total. The number of hydrogen-bond acceptors (Lipinski definition) is 6. The molecule has 0 saturated heterocycles. The van der Waals surface area contributed by atoms with Gasteiger partial charge >= 0.3 is 0 Å². The summed E-state index contributed by atoms with van der Waals surface area (Å²) in [5.74, 6) is -0.0478. The van der Waals surface area contributed by atoms with Gasteiger partial charge in [0.15, 0.2) is 0 Å². The van der Waals surface area contributed by atoms with E-state index in [1.54, 1.807) is 0 Å². The number of hydrogen-bond donors (Lipinski definition) is 1. The van der Waals surface area contributed by atoms with Crippen LogP contribution in [0.2, 0.25) is 0 Å². The van der Waals surface area contributed by atoms with Crippen molar-refractivity contribution in [2.45, 2.75) is 50.7 Å². The molecule has 1 aromatic carbocycles. The van der Waals surface area contributed by atoms with E-state index in [0.717, 1.165) is 12.0 Å². The Hall–Kier alpha value is -1.89. The standard InChI is InChI=1S/C22H32N2O4/c1-4-5-9-12-27-21-19-18(28-22(23-19)24(2)3)13-17(20(21)25)15-26-14-16-10-7-6-8-11-16/h4-8,10-11,17-21,25H,9,12-15H2,1-3H3/b5-4-/t17-,18+,19+,20-,21-/m1/s1. The summed E-state index contributed by atoms with van der Waals surface area (Å²) in [7, 11) is 3.82. The first kappa shape index (κ1) is 20.8. The first-order chi connectivity index (χ1) is 13.6. The van der Waals surface area contributed by atoms with Crippen LogP contribution < -0.4 is 0 Å². The van der Waals surface area contributed by atoms with Gasteiger partial charge in [0.05, 0.1) is 25.9 Å². The summed E-state index contributed by atoms with van der Waals surface area (Å²) in [6, 6.07) is 10.5. The number of aliphatic hydroxyl groups excluding tert-OH is 1. The smallest absolute Gasteiger partial charge is 0.287 e. The van der Waals surface area contributed by atoms with Gasteiger partial charge in [-0.1, -0.05) is 42.5 Å². The number of nitrogens with zero attached hydrogens (tertiary/aromatic N) is 2. The Morgan fingerprint density at radius 1 is 1.29 bits per heavy atom. The van der Waals surface area contributed by atoms with Gasteiger partial charge < -0.3 is 24.2 Å². The summed E-state index contributed by atoms with van der Waals surface area (Å²) in [6.07, 6.45) is 4.49. The quantitative estimate of drug-likeness (QED) is 0.548. The lowest BCUT2D eigenvalue weighted by Gasteiger charge is -2.39. The SMILES string of the molecule is C/C=C\CCO[C@H]1[C@H](O)[C@@H](COCc2ccccc2)C[C@@H]2OC(N(C)C)=N[C@H]12. The van der Waals surface area contributed by atoms with Crippen molar-refractivity contribution in [1.82, 2.24) is 4.90 Å². The number of fused-ring (bicyclic) bond motifs is 1. The van der Waals surface area contributed by atoms with Crippen LogP contribution in [0.25, 0.3) is 0 Å². The van der Waals surface area contributed by atoms with Gasteiger partial charge in [-0.05, 0) is 25.3 Å². The van der Waals surface area contributed by atoms with Gasteiger partial charge in [0.1, 0.15) is 18.2 Å². The highest BCUT2D eigenvalue weighted by Crippen LogP contribution is 2.35. The molecule has 0 radical (unpaired) electrons. The Balaban J connectivity index is 1.62. The number of benzene rings is 1. The van der Waals surface area contributed by atoms with Gasteiger partial charge in [-0.15, -0.1) is 0 Å². The molecule has 1 aromatic rings. The zero-order valence-electron chi connectivity index (χ0n) is 17.0. The summed E-state index contributed by atoms with van der Waals surface area (Å²) in [6.45, 7) is 3.55. The van der Waals surface area contributed by atoms with E-state index in [-0.39, 0.29) is 24.2 Å². The van der Waals surface area contributed by atoms with Crippen molar-refractivity contribution in [3.05, 3.63) is 48.0 Å². The maximum absolute atomic E-state index is 11.0. The van der Waals surface area contributed by atoms with Crippen molar-refractivity contribution in [1.29, 1.82) is 0 Å². The second-order valence-corrected chi connectivity index (χ2v) is 7.63. The molecule has 6 heteroatoms. The maximum Gasteiger partial charge on any atom is 0.287 e. The van der Waals surface area contributed by atoms with Gasteiger partial charge in [-0.2, -0.15) is 0 Å². The lowest BCUT2D eigenvalue weighted by atomic mass is 9.80. The van der Waals surface area contributed by atoms with Crippen molar-refractivity contribution in [2.75, 3.05) is 27.3 Å². The summed E-state index contributed by atoms with van der Waals surface area (Å²) in [5.41, 5.74) is 1.13. The minimum absolute atomic E-state index is 0.0478. The van der Waals surface area contributed by atoms with Crippen molar-refractivity contribution >= 4 is 6.02 Å². The second-order valence-electron chi connectivity index (χ2n) is 7.63. The molecular weight excluding hydrogens is 356 g/mol. The molecule has 0 unspecified atom stereocenters. The normalized spacial score (nSPS) is 29.4. The second kappa shape index (κ2) is 10.0. The van der Waals surface area contributed by atoms with E-state index in [2.05, 4.69) is 11.1 Å². The van der Waals surface area contributed by atoms with Crippen LogP contribution in [-0.4, -0.2) is 67.7 Å². The highest BCUT2D eigenvalue weighted by Gasteiger charge is 2.49. The van der Waals surface area contributed by atoms with Crippen LogP contribution in [0.15, 0.2) is 47.5 Å². The molecule has 1 aliphatic carbocycles. The maximum atomic E-state index is 11.0. The number of aliphatic imine (C=N–C) groups is 1. The molecule has 0 spiro atoms. The highest BCUT2D eigenvalue weighted by molar-refractivity contribution is 5.75. The molecule has 5 atom stereocenters. The van der Waals surface area contributed by atoms with Crippen LogP contribution in [0.4, 0.5) is 0 Å². The third kappa shape index (κ3) is 5.13. The van der Waals surface area contributed by atoms with Crippen molar-refractivity contribution in [3.63, 3.8) is 0 Å². The van der Waals surface area contributed by atoms with E-state index in [4.69, 9.17) is 14.2 Å². The van der Waals surface area contributed by atoms with Crippen molar-refractivity contribution in [2.24, 2.45) is 10.9 Å². The first-order valence-electron chi connectivity index (χ1n) is 10.0. The molecule has 1 fully saturated rings. The monoisotopic (exact) mass is 388 g/mol. The van der Waals surface area contributed by atoms with Gasteiger partial charge in [-0.3, -0.25) is 0 Å². The fraction of sp³-hybridized carbons (Fsp3) is 0.591. The largest absolute Gasteiger partial charge is 0.459 e. The van der Waals surface area contributed by atoms with Crippen LogP contribution in [0.5, 0.6) is 0 Å². The average Bonchev–Trinajstić information content (AvgIpc) is 3.12. The predicted octanol–water partition coefficient (Wildman–Crippen LogP) is 2.62. The van der Waals surface area contributed by atoms with E-state index in [0.29, 0.717) is 32.3 Å². The molecule has 1 saturated carbocycles. The van der Waals surface area contributed by atoms with E-state index in [1.165, 1.54) is 0 Å². The van der Waals surface area contributed by atoms with E-state index >= 15 is 0 Å². The fourth-order valence-corrected chi connectivity index (χ4v) is 3.75. The summed E-state index contributed by atoms with van der Waals surface area (Å²) < 4.78 is 18.0. The van der Waals surface area contributed by atoms with Crippen LogP contribution >= 0.6 is 0 Å². The molecule has 1 aliphatic heterocycles. The molecule has 154 valence electrons. The molecular formula is C22H32N2O4. The van der Waals surface area contributed by atoms with Crippen molar-refractivity contribution in [3.8, 4) is 0 Å². The summed E-state index contributed by atoms with van der Waals surface area (Å²) >= 11 is 0. The Kier molecular flexibility index (Phi) is 7.48. The lowest BCUT2D eigenvalue weighted by molar-refractivity contribution is -0.129. The van der Waals surface area contributed by atoms with Crippen LogP contribution in [-0.2, 0) is 20.8 Å². The number of amidine groups is 1. The van der Waals surface area contributed by atoms with Crippen LogP contribution in [0.3, 0.4) is 0 Å². The number of ether oxygens (including phenoxy) is 3. The van der Waals surface area contributed by atoms with Gasteiger partial charge in [-0.25, -0.2) is 4.99 Å². The fourth-order valence-electron chi connectivity index (χ4n) is 3.75. The van der Waals surface area contributed by atoms with Crippen LogP contribution in [0.1, 0.15) is 25.3 Å². The Bertz CT molecular complexity index is 662. The third-order valence-electron chi connectivity index (χ3n) is 5.25. The van der Waals surface area contributed by atoms with Gasteiger partial charge in [0.2, 0.25) is 0 Å². The summed E-state index contributed by atoms with van der Waals surface area (Å²) in [4.78, 5) is 6.54. The molecule has 0 amide bonds. The number of aliphatic hydroxyl groups is 1. The minimum Gasteiger partial charge on any atom is -0.459 e. The Morgan fingerprint density at radius 2 is 2.07 bits per heavy atom. The number of rotatable bonds is 8. The third-order valence-corrected chi connectivity index (χ3v) is 5.25. The van der Waals surface area contributed by atoms with Gasteiger partial charge in [0.25, 0.3) is 6.02 Å². The molecule has 0 bridgehead atoms. The minimum atomic E-state index is -0.628. The molecule has 1 N–H and O–H groups in total.